The molecule has 90 valence electrons. The van der Waals surface area contributed by atoms with Crippen molar-refractivity contribution >= 4 is 40.6 Å². The Kier molecular flexibility index (Phi) is 5.83. The Morgan fingerprint density at radius 2 is 2.44 bits per heavy atom. The van der Waals surface area contributed by atoms with Crippen molar-refractivity contribution < 1.29 is 4.79 Å². The maximum atomic E-state index is 10.9. The molecule has 0 radical (unpaired) electrons. The molecule has 2 nitrogen and oxygen atoms in total. The topological polar surface area (TPSA) is 29.1 Å². The molecule has 2 atom stereocenters. The van der Waals surface area contributed by atoms with Gasteiger partial charge in [0.05, 0.1) is 0 Å². The summed E-state index contributed by atoms with van der Waals surface area (Å²) >= 11 is 3.21. The first-order valence-corrected chi connectivity index (χ1v) is 7.06. The second kappa shape index (κ2) is 6.64. The van der Waals surface area contributed by atoms with Gasteiger partial charge in [0.2, 0.25) is 0 Å². The van der Waals surface area contributed by atoms with Crippen molar-refractivity contribution in [2.45, 2.75) is 12.8 Å². The van der Waals surface area contributed by atoms with E-state index in [1.165, 1.54) is 17.3 Å². The number of rotatable bonds is 3. The van der Waals surface area contributed by atoms with Gasteiger partial charge in [0.1, 0.15) is 0 Å². The lowest BCUT2D eigenvalue weighted by atomic mass is 9.92. The fraction of sp³-hybridized carbons (Fsp3) is 0.545. The minimum absolute atomic E-state index is 0. The molecule has 0 amide bonds. The van der Waals surface area contributed by atoms with Crippen molar-refractivity contribution in [3.63, 3.8) is 0 Å². The van der Waals surface area contributed by atoms with Gasteiger partial charge in [-0.2, -0.15) is 11.3 Å². The van der Waals surface area contributed by atoms with E-state index in [1.807, 2.05) is 0 Å². The van der Waals surface area contributed by atoms with Crippen molar-refractivity contribution in [2.75, 3.05) is 18.8 Å². The summed E-state index contributed by atoms with van der Waals surface area (Å²) in [5, 5.41) is 8.00. The van der Waals surface area contributed by atoms with E-state index in [0.29, 0.717) is 11.8 Å². The zero-order chi connectivity index (χ0) is 10.7. The van der Waals surface area contributed by atoms with Crippen LogP contribution >= 0.6 is 35.5 Å². The summed E-state index contributed by atoms with van der Waals surface area (Å²) in [5.74, 6) is 2.15. The summed E-state index contributed by atoms with van der Waals surface area (Å²) in [6.07, 6.45) is 0. The van der Waals surface area contributed by atoms with Crippen LogP contribution in [-0.4, -0.2) is 24.0 Å². The molecular weight excluding hydrogens is 262 g/mol. The molecule has 0 bridgehead atoms. The minimum Gasteiger partial charge on any atom is -0.316 e. The van der Waals surface area contributed by atoms with Crippen LogP contribution in [0.15, 0.2) is 16.8 Å². The lowest BCUT2D eigenvalue weighted by Gasteiger charge is -2.16. The standard InChI is InChI=1S/C11H15NOS2.ClH/c1-8(13)15-7-10-4-12-5-11(10)9-2-3-14-6-9;/h2-3,6,10-12H,4-5,7H2,1H3;1H. The molecule has 1 N–H and O–H groups in total. The van der Waals surface area contributed by atoms with Gasteiger partial charge < -0.3 is 5.32 Å². The summed E-state index contributed by atoms with van der Waals surface area (Å²) in [4.78, 5) is 10.9. The number of thiophene rings is 1. The van der Waals surface area contributed by atoms with E-state index in [2.05, 4.69) is 22.1 Å². The zero-order valence-electron chi connectivity index (χ0n) is 9.14. The molecule has 5 heteroatoms. The minimum atomic E-state index is 0. The van der Waals surface area contributed by atoms with Gasteiger partial charge in [0.15, 0.2) is 5.12 Å². The van der Waals surface area contributed by atoms with Crippen LogP contribution in [-0.2, 0) is 4.79 Å². The van der Waals surface area contributed by atoms with E-state index in [4.69, 9.17) is 0 Å². The fourth-order valence-electron chi connectivity index (χ4n) is 2.01. The monoisotopic (exact) mass is 277 g/mol. The quantitative estimate of drug-likeness (QED) is 0.921. The summed E-state index contributed by atoms with van der Waals surface area (Å²) in [7, 11) is 0. The lowest BCUT2D eigenvalue weighted by Crippen LogP contribution is -2.13. The second-order valence-corrected chi connectivity index (χ2v) is 5.86. The summed E-state index contributed by atoms with van der Waals surface area (Å²) in [6, 6.07) is 2.20. The molecule has 1 aromatic heterocycles. The largest absolute Gasteiger partial charge is 0.316 e. The van der Waals surface area contributed by atoms with E-state index >= 15 is 0 Å². The van der Waals surface area contributed by atoms with Crippen LogP contribution in [0, 0.1) is 5.92 Å². The van der Waals surface area contributed by atoms with Crippen LogP contribution in [0.5, 0.6) is 0 Å². The van der Waals surface area contributed by atoms with Crippen molar-refractivity contribution in [1.29, 1.82) is 0 Å². The van der Waals surface area contributed by atoms with Crippen LogP contribution in [0.4, 0.5) is 0 Å². The highest BCUT2D eigenvalue weighted by Crippen LogP contribution is 2.31. The van der Waals surface area contributed by atoms with Crippen molar-refractivity contribution in [1.82, 2.24) is 5.32 Å². The van der Waals surface area contributed by atoms with Gasteiger partial charge in [-0.15, -0.1) is 12.4 Å². The summed E-state index contributed by atoms with van der Waals surface area (Å²) in [6.45, 7) is 3.74. The molecule has 0 aliphatic carbocycles. The van der Waals surface area contributed by atoms with Gasteiger partial charge in [-0.25, -0.2) is 0 Å². The van der Waals surface area contributed by atoms with Crippen LogP contribution in [0.2, 0.25) is 0 Å². The number of thioether (sulfide) groups is 1. The molecule has 2 unspecified atom stereocenters. The molecule has 1 aliphatic heterocycles. The van der Waals surface area contributed by atoms with Gasteiger partial charge in [-0.3, -0.25) is 4.79 Å². The predicted molar refractivity (Wildman–Crippen MR) is 73.8 cm³/mol. The first-order valence-electron chi connectivity index (χ1n) is 5.13. The van der Waals surface area contributed by atoms with Gasteiger partial charge >= 0.3 is 0 Å². The normalized spacial score (nSPS) is 24.1. The van der Waals surface area contributed by atoms with E-state index in [0.717, 1.165) is 18.8 Å². The predicted octanol–water partition coefficient (Wildman–Crippen LogP) is 2.75. The number of carbonyl (C=O) groups excluding carboxylic acids is 1. The molecule has 16 heavy (non-hydrogen) atoms. The average Bonchev–Trinajstić information content (AvgIpc) is 2.85. The third kappa shape index (κ3) is 3.48. The third-order valence-electron chi connectivity index (χ3n) is 2.81. The maximum Gasteiger partial charge on any atom is 0.185 e. The number of hydrogen-bond acceptors (Lipinski definition) is 4. The highest BCUT2D eigenvalue weighted by atomic mass is 35.5. The Hall–Kier alpha value is -0.0300. The van der Waals surface area contributed by atoms with E-state index in [1.54, 1.807) is 18.3 Å². The first-order chi connectivity index (χ1) is 7.27. The lowest BCUT2D eigenvalue weighted by molar-refractivity contribution is -0.109. The Bertz CT molecular complexity index is 329. The summed E-state index contributed by atoms with van der Waals surface area (Å²) in [5.41, 5.74) is 1.43. The average molecular weight is 278 g/mol. The number of carbonyl (C=O) groups is 1. The molecule has 1 saturated heterocycles. The van der Waals surface area contributed by atoms with Crippen LogP contribution in [0.3, 0.4) is 0 Å². The molecule has 0 aromatic carbocycles. The van der Waals surface area contributed by atoms with Crippen LogP contribution in [0.1, 0.15) is 18.4 Å². The second-order valence-electron chi connectivity index (χ2n) is 3.88. The Labute approximate surface area is 111 Å². The van der Waals surface area contributed by atoms with E-state index in [-0.39, 0.29) is 17.5 Å². The summed E-state index contributed by atoms with van der Waals surface area (Å²) < 4.78 is 0. The highest BCUT2D eigenvalue weighted by molar-refractivity contribution is 8.13. The SMILES string of the molecule is CC(=O)SCC1CNCC1c1ccsc1.Cl. The first kappa shape index (κ1) is 14.0. The third-order valence-corrected chi connectivity index (χ3v) is 4.51. The van der Waals surface area contributed by atoms with Crippen molar-refractivity contribution in [3.8, 4) is 0 Å². The number of nitrogens with one attached hydrogen (secondary N) is 1. The molecule has 1 fully saturated rings. The van der Waals surface area contributed by atoms with Gasteiger partial charge in [-0.05, 0) is 34.9 Å². The Balaban J connectivity index is 0.00000128. The van der Waals surface area contributed by atoms with E-state index < -0.39 is 0 Å². The highest BCUT2D eigenvalue weighted by Gasteiger charge is 2.28. The fourth-order valence-corrected chi connectivity index (χ4v) is 3.53. The molecule has 2 rings (SSSR count). The van der Waals surface area contributed by atoms with E-state index in [9.17, 15) is 4.79 Å². The zero-order valence-corrected chi connectivity index (χ0v) is 11.6. The molecular formula is C11H16ClNOS2. The van der Waals surface area contributed by atoms with Gasteiger partial charge in [-0.1, -0.05) is 11.8 Å². The molecule has 2 heterocycles. The van der Waals surface area contributed by atoms with Crippen LogP contribution in [0.25, 0.3) is 0 Å². The Morgan fingerprint density at radius 1 is 1.62 bits per heavy atom. The van der Waals surface area contributed by atoms with Crippen LogP contribution < -0.4 is 5.32 Å². The number of halogens is 1. The maximum absolute atomic E-state index is 10.9. The molecule has 0 saturated carbocycles. The molecule has 0 spiro atoms. The number of hydrogen-bond donors (Lipinski definition) is 1. The van der Waals surface area contributed by atoms with Crippen molar-refractivity contribution in [3.05, 3.63) is 22.4 Å². The van der Waals surface area contributed by atoms with Crippen molar-refractivity contribution in [2.24, 2.45) is 5.92 Å². The molecule has 1 aliphatic rings. The smallest absolute Gasteiger partial charge is 0.185 e. The van der Waals surface area contributed by atoms with Gasteiger partial charge in [0, 0.05) is 25.1 Å². The van der Waals surface area contributed by atoms with Gasteiger partial charge in [0.25, 0.3) is 0 Å². The Morgan fingerprint density at radius 3 is 3.06 bits per heavy atom. The molecule has 1 aromatic rings.